The third-order valence-electron chi connectivity index (χ3n) is 5.26. The molecule has 4 heteroatoms. The van der Waals surface area contributed by atoms with E-state index in [0.717, 1.165) is 48.9 Å². The normalized spacial score (nSPS) is 23.4. The van der Waals surface area contributed by atoms with Gasteiger partial charge in [0, 0.05) is 44.0 Å². The van der Waals surface area contributed by atoms with Crippen LogP contribution >= 0.6 is 0 Å². The lowest BCUT2D eigenvalue weighted by Crippen LogP contribution is -2.49. The molecule has 2 aromatic carbocycles. The molecule has 0 aromatic heterocycles. The first kappa shape index (κ1) is 14.5. The zero-order chi connectivity index (χ0) is 15.8. The lowest BCUT2D eigenvalue weighted by atomic mass is 10.0. The number of benzene rings is 2. The molecule has 2 unspecified atom stereocenters. The van der Waals surface area contributed by atoms with Crippen molar-refractivity contribution in [2.24, 2.45) is 0 Å². The van der Waals surface area contributed by atoms with E-state index in [4.69, 9.17) is 0 Å². The van der Waals surface area contributed by atoms with Crippen LogP contribution in [0.4, 0.5) is 0 Å². The van der Waals surface area contributed by atoms with Crippen LogP contribution in [0.25, 0.3) is 10.8 Å². The van der Waals surface area contributed by atoms with E-state index in [1.54, 1.807) is 0 Å². The van der Waals surface area contributed by atoms with Gasteiger partial charge in [-0.05, 0) is 23.8 Å². The number of phenols is 1. The Kier molecular flexibility index (Phi) is 3.69. The fourth-order valence-electron chi connectivity index (χ4n) is 3.92. The third-order valence-corrected chi connectivity index (χ3v) is 5.26. The number of carbonyl (C=O) groups is 1. The van der Waals surface area contributed by atoms with E-state index < -0.39 is 0 Å². The van der Waals surface area contributed by atoms with E-state index in [2.05, 4.69) is 9.80 Å². The second-order valence-electron chi connectivity index (χ2n) is 6.62. The van der Waals surface area contributed by atoms with Crippen LogP contribution in [0, 0.1) is 0 Å². The Labute approximate surface area is 136 Å². The van der Waals surface area contributed by atoms with Gasteiger partial charge in [-0.2, -0.15) is 0 Å². The molecule has 120 valence electrons. The number of phenolic OH excluding ortho intramolecular Hbond substituents is 1. The predicted molar refractivity (Wildman–Crippen MR) is 90.5 cm³/mol. The number of piperazine rings is 1. The summed E-state index contributed by atoms with van der Waals surface area (Å²) in [4.78, 5) is 17.1. The number of fused-ring (bicyclic) bond motifs is 3. The van der Waals surface area contributed by atoms with Crippen LogP contribution in [0.1, 0.15) is 18.4 Å². The summed E-state index contributed by atoms with van der Waals surface area (Å²) < 4.78 is 0. The maximum atomic E-state index is 12.6. The lowest BCUT2D eigenvalue weighted by molar-refractivity contribution is -0.134. The van der Waals surface area contributed by atoms with Crippen molar-refractivity contribution >= 4 is 16.7 Å². The highest BCUT2D eigenvalue weighted by Crippen LogP contribution is 2.30. The molecule has 0 saturated carbocycles. The average Bonchev–Trinajstić information content (AvgIpc) is 2.95. The van der Waals surface area contributed by atoms with Crippen molar-refractivity contribution in [3.63, 3.8) is 0 Å². The van der Waals surface area contributed by atoms with Crippen LogP contribution in [-0.4, -0.2) is 53.0 Å². The number of aromatic hydroxyl groups is 1. The van der Waals surface area contributed by atoms with E-state index in [-0.39, 0.29) is 5.91 Å². The second kappa shape index (κ2) is 5.85. The molecular weight excluding hydrogens is 288 g/mol. The van der Waals surface area contributed by atoms with Crippen molar-refractivity contribution in [2.45, 2.75) is 25.3 Å². The third kappa shape index (κ3) is 2.68. The second-order valence-corrected chi connectivity index (χ2v) is 6.62. The number of hydrogen-bond donors (Lipinski definition) is 1. The van der Waals surface area contributed by atoms with Gasteiger partial charge in [0.15, 0.2) is 0 Å². The Bertz CT molecular complexity index is 743. The van der Waals surface area contributed by atoms with Crippen LogP contribution < -0.4 is 0 Å². The molecule has 2 bridgehead atoms. The molecule has 2 aromatic rings. The van der Waals surface area contributed by atoms with Gasteiger partial charge in [0.05, 0.1) is 0 Å². The molecule has 2 heterocycles. The van der Waals surface area contributed by atoms with Gasteiger partial charge in [-0.15, -0.1) is 0 Å². The van der Waals surface area contributed by atoms with Crippen molar-refractivity contribution in [1.82, 2.24) is 9.80 Å². The molecule has 2 atom stereocenters. The molecular formula is C19H22N2O2. The molecule has 0 aliphatic carbocycles. The molecule has 4 rings (SSSR count). The number of aryl methyl sites for hydroxylation is 1. The highest BCUT2D eigenvalue weighted by atomic mass is 16.3. The molecule has 2 fully saturated rings. The Morgan fingerprint density at radius 3 is 2.91 bits per heavy atom. The summed E-state index contributed by atoms with van der Waals surface area (Å²) in [6.07, 6.45) is 2.18. The van der Waals surface area contributed by atoms with Gasteiger partial charge in [-0.3, -0.25) is 9.69 Å². The maximum Gasteiger partial charge on any atom is 0.223 e. The summed E-state index contributed by atoms with van der Waals surface area (Å²) in [5.74, 6) is 0.547. The summed E-state index contributed by atoms with van der Waals surface area (Å²) in [7, 11) is 0. The number of hydrogen-bond acceptors (Lipinski definition) is 3. The van der Waals surface area contributed by atoms with Gasteiger partial charge < -0.3 is 10.0 Å². The van der Waals surface area contributed by atoms with Gasteiger partial charge in [-0.1, -0.05) is 36.4 Å². The van der Waals surface area contributed by atoms with E-state index in [1.165, 1.54) is 0 Å². The van der Waals surface area contributed by atoms with Crippen LogP contribution in [0.3, 0.4) is 0 Å². The number of nitrogens with zero attached hydrogens (tertiary/aromatic N) is 2. The van der Waals surface area contributed by atoms with Gasteiger partial charge in [0.1, 0.15) is 5.75 Å². The standard InChI is InChI=1S/C19H22N2O2/c22-18(21-12-11-20-10-9-16(21)13-20)8-7-15-6-5-14-3-1-2-4-17(14)19(15)23/h1-6,16,23H,7-13H2. The van der Waals surface area contributed by atoms with Gasteiger partial charge >= 0.3 is 0 Å². The molecule has 0 spiro atoms. The summed E-state index contributed by atoms with van der Waals surface area (Å²) in [6, 6.07) is 12.2. The predicted octanol–water partition coefficient (Wildman–Crippen LogP) is 2.39. The number of amides is 1. The van der Waals surface area contributed by atoms with E-state index in [9.17, 15) is 9.90 Å². The first-order valence-electron chi connectivity index (χ1n) is 8.44. The van der Waals surface area contributed by atoms with E-state index in [0.29, 0.717) is 24.6 Å². The largest absolute Gasteiger partial charge is 0.507 e. The zero-order valence-corrected chi connectivity index (χ0v) is 13.2. The zero-order valence-electron chi connectivity index (χ0n) is 13.2. The van der Waals surface area contributed by atoms with Crippen molar-refractivity contribution in [1.29, 1.82) is 0 Å². The van der Waals surface area contributed by atoms with E-state index >= 15 is 0 Å². The van der Waals surface area contributed by atoms with Gasteiger partial charge in [0.25, 0.3) is 0 Å². The van der Waals surface area contributed by atoms with Crippen molar-refractivity contribution in [3.05, 3.63) is 42.0 Å². The van der Waals surface area contributed by atoms with Gasteiger partial charge in [0.2, 0.25) is 5.91 Å². The molecule has 1 N–H and O–H groups in total. The minimum absolute atomic E-state index is 0.226. The Morgan fingerprint density at radius 2 is 2.00 bits per heavy atom. The summed E-state index contributed by atoms with van der Waals surface area (Å²) in [5, 5.41) is 12.3. The molecule has 2 aliphatic heterocycles. The SMILES string of the molecule is O=C(CCc1ccc2ccccc2c1O)N1CCN2CCC1C2. The Hall–Kier alpha value is -2.07. The van der Waals surface area contributed by atoms with Crippen LogP contribution in [0.5, 0.6) is 5.75 Å². The van der Waals surface area contributed by atoms with Crippen LogP contribution in [0.2, 0.25) is 0 Å². The topological polar surface area (TPSA) is 43.8 Å². The van der Waals surface area contributed by atoms with Crippen molar-refractivity contribution < 1.29 is 9.90 Å². The maximum absolute atomic E-state index is 12.6. The van der Waals surface area contributed by atoms with Crippen LogP contribution in [-0.2, 0) is 11.2 Å². The lowest BCUT2D eigenvalue weighted by Gasteiger charge is -2.34. The minimum Gasteiger partial charge on any atom is -0.507 e. The Balaban J connectivity index is 1.46. The van der Waals surface area contributed by atoms with Crippen molar-refractivity contribution in [3.8, 4) is 5.75 Å². The smallest absolute Gasteiger partial charge is 0.223 e. The summed E-state index contributed by atoms with van der Waals surface area (Å²) >= 11 is 0. The van der Waals surface area contributed by atoms with Crippen molar-refractivity contribution in [2.75, 3.05) is 26.2 Å². The highest BCUT2D eigenvalue weighted by molar-refractivity contribution is 5.89. The minimum atomic E-state index is 0.226. The first-order valence-corrected chi connectivity index (χ1v) is 8.44. The van der Waals surface area contributed by atoms with E-state index in [1.807, 2.05) is 36.4 Å². The molecule has 0 radical (unpaired) electrons. The fraction of sp³-hybridized carbons (Fsp3) is 0.421. The molecule has 2 saturated heterocycles. The average molecular weight is 310 g/mol. The Morgan fingerprint density at radius 1 is 1.13 bits per heavy atom. The molecule has 4 nitrogen and oxygen atoms in total. The highest BCUT2D eigenvalue weighted by Gasteiger charge is 2.34. The number of carbonyl (C=O) groups excluding carboxylic acids is 1. The molecule has 23 heavy (non-hydrogen) atoms. The summed E-state index contributed by atoms with van der Waals surface area (Å²) in [5.41, 5.74) is 0.863. The fourth-order valence-corrected chi connectivity index (χ4v) is 3.92. The molecule has 2 aliphatic rings. The van der Waals surface area contributed by atoms with Crippen LogP contribution in [0.15, 0.2) is 36.4 Å². The summed E-state index contributed by atoms with van der Waals surface area (Å²) in [6.45, 7) is 4.02. The monoisotopic (exact) mass is 310 g/mol. The number of rotatable bonds is 3. The van der Waals surface area contributed by atoms with Gasteiger partial charge in [-0.25, -0.2) is 0 Å². The first-order chi connectivity index (χ1) is 11.2. The molecule has 1 amide bonds. The quantitative estimate of drug-likeness (QED) is 0.947.